The molecule has 0 atom stereocenters. The number of benzene rings is 3. The summed E-state index contributed by atoms with van der Waals surface area (Å²) in [5.74, 6) is -2.65. The third-order valence-corrected chi connectivity index (χ3v) is 5.12. The van der Waals surface area contributed by atoms with Crippen molar-refractivity contribution < 1.29 is 18.0 Å². The van der Waals surface area contributed by atoms with Gasteiger partial charge in [0.05, 0.1) is 5.56 Å². The Bertz CT molecular complexity index is 1320. The number of carbonyl (C=O) groups is 1. The molecule has 31 heavy (non-hydrogen) atoms. The molecule has 1 heterocycles. The summed E-state index contributed by atoms with van der Waals surface area (Å²) >= 11 is 0. The van der Waals surface area contributed by atoms with Crippen LogP contribution in [0.25, 0.3) is 22.6 Å². The van der Waals surface area contributed by atoms with Crippen molar-refractivity contribution in [1.29, 1.82) is 0 Å². The average Bonchev–Trinajstić information content (AvgIpc) is 3.07. The predicted octanol–water partition coefficient (Wildman–Crippen LogP) is 4.72. The molecule has 0 bridgehead atoms. The molecular weight excluding hydrogens is 402 g/mol. The number of ketones is 1. The maximum atomic E-state index is 13.8. The first-order chi connectivity index (χ1) is 14.8. The molecule has 0 unspecified atom stereocenters. The van der Waals surface area contributed by atoms with E-state index in [9.17, 15) is 18.4 Å². The summed E-state index contributed by atoms with van der Waals surface area (Å²) in [7, 11) is 1.52. The van der Waals surface area contributed by atoms with Crippen molar-refractivity contribution in [2.45, 2.75) is 13.3 Å². The van der Waals surface area contributed by atoms with Gasteiger partial charge in [-0.25, -0.2) is 13.6 Å². The molecule has 5 nitrogen and oxygen atoms in total. The molecular formula is C24H18F2N2O3. The van der Waals surface area contributed by atoms with Crippen LogP contribution < -0.4 is 5.76 Å². The number of hydrogen-bond acceptors (Lipinski definition) is 4. The topological polar surface area (TPSA) is 65.1 Å². The quantitative estimate of drug-likeness (QED) is 0.438. The molecule has 0 aliphatic rings. The first-order valence-electron chi connectivity index (χ1n) is 9.56. The minimum atomic E-state index is -0.866. The van der Waals surface area contributed by atoms with Gasteiger partial charge in [0.1, 0.15) is 11.6 Å². The van der Waals surface area contributed by atoms with Gasteiger partial charge in [0.25, 0.3) is 0 Å². The number of aromatic nitrogens is 2. The van der Waals surface area contributed by atoms with Gasteiger partial charge in [0.2, 0.25) is 5.89 Å². The highest BCUT2D eigenvalue weighted by atomic mass is 19.1. The summed E-state index contributed by atoms with van der Waals surface area (Å²) in [6.45, 7) is 1.90. The monoisotopic (exact) mass is 420 g/mol. The van der Waals surface area contributed by atoms with E-state index in [1.807, 2.05) is 37.3 Å². The Morgan fingerprint density at radius 3 is 2.19 bits per heavy atom. The zero-order valence-electron chi connectivity index (χ0n) is 16.9. The molecule has 0 spiro atoms. The predicted molar refractivity (Wildman–Crippen MR) is 112 cm³/mol. The molecule has 0 saturated carbocycles. The maximum Gasteiger partial charge on any atom is 0.437 e. The van der Waals surface area contributed by atoms with E-state index in [0.29, 0.717) is 11.1 Å². The van der Waals surface area contributed by atoms with Gasteiger partial charge in [-0.1, -0.05) is 42.5 Å². The number of rotatable bonds is 5. The molecule has 0 radical (unpaired) electrons. The van der Waals surface area contributed by atoms with E-state index < -0.39 is 28.7 Å². The van der Waals surface area contributed by atoms with Crippen LogP contribution in [-0.4, -0.2) is 15.6 Å². The highest BCUT2D eigenvalue weighted by Crippen LogP contribution is 2.31. The lowest BCUT2D eigenvalue weighted by molar-refractivity contribution is 0.0985. The molecule has 4 rings (SSSR count). The van der Waals surface area contributed by atoms with Crippen LogP contribution in [0.5, 0.6) is 0 Å². The van der Waals surface area contributed by atoms with Crippen LogP contribution in [0, 0.1) is 18.6 Å². The second-order valence-electron chi connectivity index (χ2n) is 7.17. The van der Waals surface area contributed by atoms with E-state index in [4.69, 9.17) is 4.42 Å². The molecule has 0 amide bonds. The molecule has 7 heteroatoms. The zero-order valence-corrected chi connectivity index (χ0v) is 16.9. The Hall–Kier alpha value is -3.87. The fraction of sp³-hybridized carbons (Fsp3) is 0.125. The van der Waals surface area contributed by atoms with Crippen molar-refractivity contribution in [1.82, 2.24) is 9.78 Å². The third-order valence-electron chi connectivity index (χ3n) is 5.12. The summed E-state index contributed by atoms with van der Waals surface area (Å²) < 4.78 is 34.0. The Labute approximate surface area is 176 Å². The van der Waals surface area contributed by atoms with Crippen LogP contribution >= 0.6 is 0 Å². The first kappa shape index (κ1) is 20.4. The molecule has 1 aromatic heterocycles. The standard InChI is InChI=1S/C24H18F2N2O3/c1-14-17(5-3-6-18(14)23-27-28(2)24(30)31-23)16-11-9-15(10-12-16)13-21(29)22-19(25)7-4-8-20(22)26/h3-12H,13H2,1-2H3. The minimum Gasteiger partial charge on any atom is -0.388 e. The van der Waals surface area contributed by atoms with E-state index in [1.54, 1.807) is 12.1 Å². The number of aryl methyl sites for hydroxylation is 1. The van der Waals surface area contributed by atoms with E-state index in [0.717, 1.165) is 33.5 Å². The summed E-state index contributed by atoms with van der Waals surface area (Å²) in [6, 6.07) is 16.1. The smallest absolute Gasteiger partial charge is 0.388 e. The van der Waals surface area contributed by atoms with Crippen LogP contribution in [0.3, 0.4) is 0 Å². The number of halogens is 2. The fourth-order valence-electron chi connectivity index (χ4n) is 3.48. The van der Waals surface area contributed by atoms with Gasteiger partial charge >= 0.3 is 5.76 Å². The van der Waals surface area contributed by atoms with Crippen molar-refractivity contribution in [3.8, 4) is 22.6 Å². The Morgan fingerprint density at radius 1 is 0.968 bits per heavy atom. The van der Waals surface area contributed by atoms with Crippen LogP contribution in [0.15, 0.2) is 69.9 Å². The lowest BCUT2D eigenvalue weighted by atomic mass is 9.94. The molecule has 156 valence electrons. The van der Waals surface area contributed by atoms with Crippen molar-refractivity contribution in [2.24, 2.45) is 7.05 Å². The second-order valence-corrected chi connectivity index (χ2v) is 7.17. The minimum absolute atomic E-state index is 0.115. The second kappa shape index (κ2) is 8.10. The van der Waals surface area contributed by atoms with Crippen LogP contribution in [0.4, 0.5) is 8.78 Å². The summed E-state index contributed by atoms with van der Waals surface area (Å²) in [6.07, 6.45) is -0.115. The van der Waals surface area contributed by atoms with Crippen LogP contribution in [0.1, 0.15) is 21.5 Å². The Morgan fingerprint density at radius 2 is 1.58 bits per heavy atom. The SMILES string of the molecule is Cc1c(-c2ccc(CC(=O)c3c(F)cccc3F)cc2)cccc1-c1nn(C)c(=O)o1. The van der Waals surface area contributed by atoms with Gasteiger partial charge in [0, 0.05) is 19.0 Å². The van der Waals surface area contributed by atoms with Gasteiger partial charge in [-0.3, -0.25) is 4.79 Å². The molecule has 0 saturated heterocycles. The van der Waals surface area contributed by atoms with E-state index in [1.165, 1.54) is 13.1 Å². The zero-order chi connectivity index (χ0) is 22.1. The normalized spacial score (nSPS) is 11.0. The number of carbonyl (C=O) groups excluding carboxylic acids is 1. The largest absolute Gasteiger partial charge is 0.437 e. The molecule has 4 aromatic rings. The maximum absolute atomic E-state index is 13.8. The van der Waals surface area contributed by atoms with Gasteiger partial charge < -0.3 is 4.42 Å². The van der Waals surface area contributed by atoms with Crippen LogP contribution in [-0.2, 0) is 13.5 Å². The molecule has 0 aliphatic heterocycles. The summed E-state index contributed by atoms with van der Waals surface area (Å²) in [5.41, 5.74) is 3.48. The van der Waals surface area contributed by atoms with Gasteiger partial charge in [-0.2, -0.15) is 4.68 Å². The van der Waals surface area contributed by atoms with Crippen molar-refractivity contribution >= 4 is 5.78 Å². The number of hydrogen-bond donors (Lipinski definition) is 0. The van der Waals surface area contributed by atoms with E-state index >= 15 is 0 Å². The number of Topliss-reactive ketones (excluding diaryl/α,β-unsaturated/α-hetero) is 1. The van der Waals surface area contributed by atoms with Gasteiger partial charge in [-0.05, 0) is 47.4 Å². The van der Waals surface area contributed by atoms with Crippen LogP contribution in [0.2, 0.25) is 0 Å². The summed E-state index contributed by atoms with van der Waals surface area (Å²) in [4.78, 5) is 24.0. The van der Waals surface area contributed by atoms with Crippen molar-refractivity contribution in [2.75, 3.05) is 0 Å². The average molecular weight is 420 g/mol. The fourth-order valence-corrected chi connectivity index (χ4v) is 3.48. The molecule has 0 fully saturated rings. The molecule has 0 aliphatic carbocycles. The highest BCUT2D eigenvalue weighted by molar-refractivity contribution is 5.98. The van der Waals surface area contributed by atoms with Crippen molar-refractivity contribution in [3.05, 3.63) is 99.5 Å². The lowest BCUT2D eigenvalue weighted by Gasteiger charge is -2.10. The first-order valence-corrected chi connectivity index (χ1v) is 9.56. The van der Waals surface area contributed by atoms with Gasteiger partial charge in [-0.15, -0.1) is 5.10 Å². The van der Waals surface area contributed by atoms with E-state index in [2.05, 4.69) is 5.10 Å². The Balaban J connectivity index is 1.61. The third kappa shape index (κ3) is 3.94. The molecule has 3 aromatic carbocycles. The highest BCUT2D eigenvalue weighted by Gasteiger charge is 2.18. The summed E-state index contributed by atoms with van der Waals surface area (Å²) in [5, 5.41) is 4.10. The van der Waals surface area contributed by atoms with E-state index in [-0.39, 0.29) is 12.3 Å². The van der Waals surface area contributed by atoms with Crippen molar-refractivity contribution in [3.63, 3.8) is 0 Å². The lowest BCUT2D eigenvalue weighted by Crippen LogP contribution is -2.09. The Kier molecular flexibility index (Phi) is 5.33. The number of nitrogens with zero attached hydrogens (tertiary/aromatic N) is 2. The molecule has 0 N–H and O–H groups in total. The van der Waals surface area contributed by atoms with Gasteiger partial charge in [0.15, 0.2) is 5.78 Å².